The highest BCUT2D eigenvalue weighted by molar-refractivity contribution is 8.00. The number of carbonyl (C=O) groups excluding carboxylic acids is 1. The summed E-state index contributed by atoms with van der Waals surface area (Å²) in [6, 6.07) is 19.6. The van der Waals surface area contributed by atoms with Gasteiger partial charge in [-0.3, -0.25) is 4.79 Å². The Morgan fingerprint density at radius 2 is 1.93 bits per heavy atom. The highest BCUT2D eigenvalue weighted by Crippen LogP contribution is 2.30. The van der Waals surface area contributed by atoms with Crippen molar-refractivity contribution in [2.45, 2.75) is 24.3 Å². The van der Waals surface area contributed by atoms with Crippen molar-refractivity contribution in [3.05, 3.63) is 66.2 Å². The van der Waals surface area contributed by atoms with E-state index >= 15 is 0 Å². The molecule has 1 heterocycles. The molecule has 4 rings (SSSR count). The minimum Gasteiger partial charge on any atom is -0.494 e. The number of methoxy groups -OCH3 is 1. The van der Waals surface area contributed by atoms with Gasteiger partial charge in [0.2, 0.25) is 11.1 Å². The monoisotopic (exact) mass is 419 g/mol. The van der Waals surface area contributed by atoms with Crippen molar-refractivity contribution in [2.75, 3.05) is 12.4 Å². The molecule has 0 aliphatic carbocycles. The number of tetrazole rings is 1. The molecule has 0 saturated carbocycles. The van der Waals surface area contributed by atoms with Gasteiger partial charge in [-0.25, -0.2) is 0 Å². The Balaban J connectivity index is 1.55. The van der Waals surface area contributed by atoms with Gasteiger partial charge in [0, 0.05) is 11.1 Å². The molecular formula is C22H21N5O2S. The summed E-state index contributed by atoms with van der Waals surface area (Å²) in [7, 11) is 1.60. The molecule has 0 spiro atoms. The van der Waals surface area contributed by atoms with Crippen LogP contribution in [0.15, 0.2) is 65.8 Å². The lowest BCUT2D eigenvalue weighted by Gasteiger charge is -2.14. The lowest BCUT2D eigenvalue weighted by atomic mass is 10.1. The molecule has 3 aromatic carbocycles. The van der Waals surface area contributed by atoms with Gasteiger partial charge < -0.3 is 10.1 Å². The maximum atomic E-state index is 12.9. The van der Waals surface area contributed by atoms with E-state index < -0.39 is 5.25 Å². The number of aromatic nitrogens is 4. The number of hydrogen-bond acceptors (Lipinski definition) is 6. The van der Waals surface area contributed by atoms with Crippen molar-refractivity contribution < 1.29 is 9.53 Å². The number of nitrogens with one attached hydrogen (secondary N) is 1. The average molecular weight is 420 g/mol. The van der Waals surface area contributed by atoms with Crippen LogP contribution in [-0.4, -0.2) is 38.5 Å². The first-order chi connectivity index (χ1) is 14.6. The van der Waals surface area contributed by atoms with Gasteiger partial charge in [-0.05, 0) is 53.4 Å². The van der Waals surface area contributed by atoms with Crippen molar-refractivity contribution in [1.82, 2.24) is 20.2 Å². The third-order valence-electron chi connectivity index (χ3n) is 4.70. The number of amides is 1. The van der Waals surface area contributed by atoms with Crippen LogP contribution in [0.4, 0.5) is 5.69 Å². The smallest absolute Gasteiger partial charge is 0.237 e. The predicted octanol–water partition coefficient (Wildman–Crippen LogP) is 4.25. The summed E-state index contributed by atoms with van der Waals surface area (Å²) >= 11 is 1.29. The molecule has 1 amide bonds. The largest absolute Gasteiger partial charge is 0.494 e. The molecule has 4 aromatic rings. The second kappa shape index (κ2) is 8.54. The van der Waals surface area contributed by atoms with Crippen LogP contribution in [0.2, 0.25) is 0 Å². The van der Waals surface area contributed by atoms with Gasteiger partial charge in [0.05, 0.1) is 12.4 Å². The lowest BCUT2D eigenvalue weighted by Crippen LogP contribution is -2.23. The van der Waals surface area contributed by atoms with E-state index in [2.05, 4.69) is 20.8 Å². The number of aryl methyl sites for hydroxylation is 1. The summed E-state index contributed by atoms with van der Waals surface area (Å²) in [6.07, 6.45) is 0. The average Bonchev–Trinajstić information content (AvgIpc) is 3.21. The Hall–Kier alpha value is -3.39. The van der Waals surface area contributed by atoms with Gasteiger partial charge >= 0.3 is 0 Å². The first-order valence-electron chi connectivity index (χ1n) is 9.45. The van der Waals surface area contributed by atoms with Gasteiger partial charge in [0.25, 0.3) is 0 Å². The summed E-state index contributed by atoms with van der Waals surface area (Å²) in [4.78, 5) is 12.9. The number of benzene rings is 3. The Morgan fingerprint density at radius 3 is 2.77 bits per heavy atom. The number of carbonyl (C=O) groups is 1. The topological polar surface area (TPSA) is 81.9 Å². The number of ether oxygens (including phenoxy) is 1. The van der Waals surface area contributed by atoms with Crippen LogP contribution >= 0.6 is 11.8 Å². The summed E-state index contributed by atoms with van der Waals surface area (Å²) in [5, 5.41) is 17.2. The van der Waals surface area contributed by atoms with Crippen molar-refractivity contribution in [1.29, 1.82) is 0 Å². The van der Waals surface area contributed by atoms with E-state index in [-0.39, 0.29) is 5.91 Å². The van der Waals surface area contributed by atoms with E-state index in [1.165, 1.54) is 11.8 Å². The zero-order chi connectivity index (χ0) is 21.1. The molecule has 152 valence electrons. The van der Waals surface area contributed by atoms with E-state index in [9.17, 15) is 4.79 Å². The highest BCUT2D eigenvalue weighted by Gasteiger charge is 2.21. The van der Waals surface area contributed by atoms with Crippen LogP contribution in [0.5, 0.6) is 5.75 Å². The van der Waals surface area contributed by atoms with Crippen LogP contribution in [0, 0.1) is 6.92 Å². The Kier molecular flexibility index (Phi) is 5.67. The molecule has 1 atom stereocenters. The fourth-order valence-corrected chi connectivity index (χ4v) is 3.95. The minimum absolute atomic E-state index is 0.123. The van der Waals surface area contributed by atoms with Crippen molar-refractivity contribution in [3.8, 4) is 11.4 Å². The molecule has 30 heavy (non-hydrogen) atoms. The fourth-order valence-electron chi connectivity index (χ4n) is 3.15. The SMILES string of the molecule is COc1ccc(C)cc1-n1nnnc1S[C@@H](C)C(=O)Nc1cccc2ccccc12. The summed E-state index contributed by atoms with van der Waals surface area (Å²) < 4.78 is 7.04. The molecule has 0 aliphatic heterocycles. The maximum Gasteiger partial charge on any atom is 0.237 e. The van der Waals surface area contributed by atoms with E-state index in [1.807, 2.05) is 74.5 Å². The zero-order valence-electron chi connectivity index (χ0n) is 16.9. The molecule has 0 bridgehead atoms. The molecule has 0 fully saturated rings. The predicted molar refractivity (Wildman–Crippen MR) is 118 cm³/mol. The molecule has 1 aromatic heterocycles. The summed E-state index contributed by atoms with van der Waals surface area (Å²) in [5.41, 5.74) is 2.57. The molecule has 1 N–H and O–H groups in total. The zero-order valence-corrected chi connectivity index (χ0v) is 17.7. The standard InChI is InChI=1S/C22H21N5O2S/c1-14-11-12-20(29-3)19(13-14)27-22(24-25-26-27)30-15(2)21(28)23-18-10-6-8-16-7-4-5-9-17(16)18/h4-13,15H,1-3H3,(H,23,28)/t15-/m0/s1. The summed E-state index contributed by atoms with van der Waals surface area (Å²) in [6.45, 7) is 3.82. The third kappa shape index (κ3) is 3.99. The quantitative estimate of drug-likeness (QED) is 0.471. The number of hydrogen-bond donors (Lipinski definition) is 1. The van der Waals surface area contributed by atoms with Crippen LogP contribution in [0.25, 0.3) is 16.5 Å². The number of thioether (sulfide) groups is 1. The number of anilines is 1. The van der Waals surface area contributed by atoms with Crippen LogP contribution < -0.4 is 10.1 Å². The fraction of sp³-hybridized carbons (Fsp3) is 0.182. The molecule has 0 saturated heterocycles. The first-order valence-corrected chi connectivity index (χ1v) is 10.3. The molecule has 7 nitrogen and oxygen atoms in total. The van der Waals surface area contributed by atoms with E-state index in [4.69, 9.17) is 4.74 Å². The lowest BCUT2D eigenvalue weighted by molar-refractivity contribution is -0.115. The third-order valence-corrected chi connectivity index (χ3v) is 5.74. The van der Waals surface area contributed by atoms with Gasteiger partial charge in [-0.1, -0.05) is 54.2 Å². The van der Waals surface area contributed by atoms with E-state index in [1.54, 1.807) is 11.8 Å². The molecular weight excluding hydrogens is 398 g/mol. The Morgan fingerprint density at radius 1 is 1.13 bits per heavy atom. The molecule has 8 heteroatoms. The van der Waals surface area contributed by atoms with Gasteiger partial charge in [0.15, 0.2) is 0 Å². The second-order valence-corrected chi connectivity index (χ2v) is 8.13. The Bertz CT molecular complexity index is 1200. The Labute approximate surface area is 178 Å². The first kappa shape index (κ1) is 19.9. The molecule has 0 radical (unpaired) electrons. The summed E-state index contributed by atoms with van der Waals surface area (Å²) in [5.74, 6) is 0.532. The van der Waals surface area contributed by atoms with Crippen LogP contribution in [0.1, 0.15) is 12.5 Å². The minimum atomic E-state index is -0.412. The van der Waals surface area contributed by atoms with Crippen molar-refractivity contribution in [2.24, 2.45) is 0 Å². The number of fused-ring (bicyclic) bond motifs is 1. The van der Waals surface area contributed by atoms with Crippen LogP contribution in [0.3, 0.4) is 0 Å². The van der Waals surface area contributed by atoms with Gasteiger partial charge in [0.1, 0.15) is 11.4 Å². The van der Waals surface area contributed by atoms with Gasteiger partial charge in [-0.15, -0.1) is 5.10 Å². The van der Waals surface area contributed by atoms with E-state index in [0.717, 1.165) is 27.7 Å². The highest BCUT2D eigenvalue weighted by atomic mass is 32.2. The second-order valence-electron chi connectivity index (χ2n) is 6.82. The van der Waals surface area contributed by atoms with Crippen molar-refractivity contribution in [3.63, 3.8) is 0 Å². The normalized spacial score (nSPS) is 12.0. The molecule has 0 unspecified atom stereocenters. The molecule has 0 aliphatic rings. The van der Waals surface area contributed by atoms with E-state index in [0.29, 0.717) is 10.9 Å². The number of rotatable bonds is 6. The maximum absolute atomic E-state index is 12.9. The number of nitrogens with zero attached hydrogens (tertiary/aromatic N) is 4. The van der Waals surface area contributed by atoms with Crippen molar-refractivity contribution >= 4 is 34.1 Å². The van der Waals surface area contributed by atoms with Gasteiger partial charge in [-0.2, -0.15) is 4.68 Å². The van der Waals surface area contributed by atoms with Crippen LogP contribution in [-0.2, 0) is 4.79 Å².